The van der Waals surface area contributed by atoms with E-state index < -0.39 is 25.4 Å². The highest BCUT2D eigenvalue weighted by Gasteiger charge is 2.45. The van der Waals surface area contributed by atoms with Crippen molar-refractivity contribution >= 4 is 20.2 Å². The van der Waals surface area contributed by atoms with E-state index in [0.717, 1.165) is 6.42 Å². The molecular weight excluding hydrogens is 402 g/mol. The summed E-state index contributed by atoms with van der Waals surface area (Å²) in [5, 5.41) is 15.4. The van der Waals surface area contributed by atoms with Crippen molar-refractivity contribution in [3.8, 4) is 0 Å². The lowest BCUT2D eigenvalue weighted by atomic mass is 9.79. The monoisotopic (exact) mass is 445 g/mol. The molecular formula is C21H43N3O5Si. The smallest absolute Gasteiger partial charge is 0.407 e. The van der Waals surface area contributed by atoms with Gasteiger partial charge in [-0.05, 0) is 58.2 Å². The zero-order valence-corrected chi connectivity index (χ0v) is 21.3. The first kappa shape index (κ1) is 26.7. The largest absolute Gasteiger partial charge is 0.444 e. The van der Waals surface area contributed by atoms with Gasteiger partial charge in [-0.15, -0.1) is 0 Å². The van der Waals surface area contributed by atoms with Crippen molar-refractivity contribution in [3.05, 3.63) is 0 Å². The second-order valence-corrected chi connectivity index (χ2v) is 15.6. The van der Waals surface area contributed by atoms with Gasteiger partial charge in [-0.2, -0.15) is 0 Å². The molecule has 0 saturated carbocycles. The predicted molar refractivity (Wildman–Crippen MR) is 121 cm³/mol. The quantitative estimate of drug-likeness (QED) is 0.178. The summed E-state index contributed by atoms with van der Waals surface area (Å²) in [4.78, 5) is 12.1. The SMILES string of the molecule is CCC(O[Si](C)(C)C(C)(C)C)C1CCC(CNC(=O)OC(C)(C)C)(C(N)=NO)CO1. The van der Waals surface area contributed by atoms with Gasteiger partial charge in [-0.1, -0.05) is 32.9 Å². The molecule has 30 heavy (non-hydrogen) atoms. The van der Waals surface area contributed by atoms with E-state index in [-0.39, 0.29) is 36.2 Å². The first-order valence-corrected chi connectivity index (χ1v) is 13.7. The first-order valence-electron chi connectivity index (χ1n) is 10.8. The number of ether oxygens (including phenoxy) is 2. The minimum Gasteiger partial charge on any atom is -0.444 e. The summed E-state index contributed by atoms with van der Waals surface area (Å²) in [5.41, 5.74) is 4.63. The average Bonchev–Trinajstić information content (AvgIpc) is 2.62. The summed E-state index contributed by atoms with van der Waals surface area (Å²) in [5.74, 6) is 0.0513. The maximum absolute atomic E-state index is 12.1. The van der Waals surface area contributed by atoms with Crippen molar-refractivity contribution in [2.75, 3.05) is 13.2 Å². The highest BCUT2D eigenvalue weighted by molar-refractivity contribution is 6.74. The highest BCUT2D eigenvalue weighted by Crippen LogP contribution is 2.40. The summed E-state index contributed by atoms with van der Waals surface area (Å²) in [6.07, 6.45) is 1.55. The lowest BCUT2D eigenvalue weighted by Gasteiger charge is -2.45. The third-order valence-electron chi connectivity index (χ3n) is 6.17. The minimum absolute atomic E-state index is 0.00463. The third-order valence-corrected chi connectivity index (χ3v) is 10.7. The van der Waals surface area contributed by atoms with Crippen LogP contribution in [0.3, 0.4) is 0 Å². The molecule has 1 aliphatic rings. The van der Waals surface area contributed by atoms with E-state index in [9.17, 15) is 10.0 Å². The topological polar surface area (TPSA) is 115 Å². The number of amides is 1. The molecule has 3 unspecified atom stereocenters. The van der Waals surface area contributed by atoms with Crippen LogP contribution in [0.15, 0.2) is 5.16 Å². The van der Waals surface area contributed by atoms with Gasteiger partial charge in [0.25, 0.3) is 0 Å². The van der Waals surface area contributed by atoms with E-state index in [1.165, 1.54) is 0 Å². The fraction of sp³-hybridized carbons (Fsp3) is 0.905. The molecule has 0 bridgehead atoms. The Balaban J connectivity index is 2.84. The number of nitrogens with zero attached hydrogens (tertiary/aromatic N) is 1. The van der Waals surface area contributed by atoms with E-state index >= 15 is 0 Å². The van der Waals surface area contributed by atoms with Gasteiger partial charge in [-0.3, -0.25) is 0 Å². The van der Waals surface area contributed by atoms with E-state index in [2.05, 4.69) is 51.3 Å². The highest BCUT2D eigenvalue weighted by atomic mass is 28.4. The molecule has 1 saturated heterocycles. The van der Waals surface area contributed by atoms with E-state index in [1.54, 1.807) is 20.8 Å². The molecule has 0 aromatic rings. The molecule has 1 fully saturated rings. The summed E-state index contributed by atoms with van der Waals surface area (Å²) in [7, 11) is -1.93. The van der Waals surface area contributed by atoms with Gasteiger partial charge in [0.2, 0.25) is 0 Å². The van der Waals surface area contributed by atoms with Crippen LogP contribution in [-0.4, -0.2) is 56.4 Å². The Morgan fingerprint density at radius 1 is 1.33 bits per heavy atom. The molecule has 1 heterocycles. The maximum atomic E-state index is 12.1. The summed E-state index contributed by atoms with van der Waals surface area (Å²) < 4.78 is 18.1. The first-order chi connectivity index (χ1) is 13.6. The summed E-state index contributed by atoms with van der Waals surface area (Å²) in [6, 6.07) is 0. The number of alkyl carbamates (subject to hydrolysis) is 1. The van der Waals surface area contributed by atoms with Gasteiger partial charge < -0.3 is 30.2 Å². The maximum Gasteiger partial charge on any atom is 0.407 e. The Bertz CT molecular complexity index is 603. The van der Waals surface area contributed by atoms with Gasteiger partial charge in [0, 0.05) is 6.54 Å². The number of amidine groups is 1. The lowest BCUT2D eigenvalue weighted by Crippen LogP contribution is -2.55. The van der Waals surface area contributed by atoms with Crippen molar-refractivity contribution in [1.82, 2.24) is 5.32 Å². The number of carbonyl (C=O) groups is 1. The molecule has 0 spiro atoms. The number of carbonyl (C=O) groups excluding carboxylic acids is 1. The minimum atomic E-state index is -1.93. The zero-order chi connectivity index (χ0) is 23.4. The van der Waals surface area contributed by atoms with Crippen LogP contribution in [0.2, 0.25) is 18.1 Å². The second-order valence-electron chi connectivity index (χ2n) is 10.8. The molecule has 0 aliphatic carbocycles. The molecule has 8 nitrogen and oxygen atoms in total. The van der Waals surface area contributed by atoms with Crippen molar-refractivity contribution in [2.24, 2.45) is 16.3 Å². The Labute approximate surface area is 183 Å². The number of hydrogen-bond acceptors (Lipinski definition) is 6. The Kier molecular flexibility index (Phi) is 8.79. The molecule has 9 heteroatoms. The molecule has 0 aromatic carbocycles. The van der Waals surface area contributed by atoms with Crippen molar-refractivity contribution in [1.29, 1.82) is 0 Å². The Morgan fingerprint density at radius 2 is 1.93 bits per heavy atom. The molecule has 1 amide bonds. The molecule has 4 N–H and O–H groups in total. The number of oxime groups is 1. The number of nitrogens with one attached hydrogen (secondary N) is 1. The molecule has 1 aliphatic heterocycles. The number of hydrogen-bond donors (Lipinski definition) is 3. The zero-order valence-electron chi connectivity index (χ0n) is 20.3. The van der Waals surface area contributed by atoms with E-state index in [1.807, 2.05) is 0 Å². The van der Waals surface area contributed by atoms with Crippen LogP contribution in [0.4, 0.5) is 4.79 Å². The summed E-state index contributed by atoms with van der Waals surface area (Å²) in [6.45, 7) is 19.1. The van der Waals surface area contributed by atoms with Crippen LogP contribution < -0.4 is 11.1 Å². The standard InChI is InChI=1S/C21H43N3O5Si/c1-10-15(29-30(8,9)20(5,6)7)16-11-12-21(14-27-16,17(22)24-26)13-23-18(25)28-19(2,3)4/h15-16,26H,10-14H2,1-9H3,(H2,22,24)(H,23,25). The Hall–Kier alpha value is -1.32. The number of nitrogens with two attached hydrogens (primary N) is 1. The fourth-order valence-electron chi connectivity index (χ4n) is 3.20. The van der Waals surface area contributed by atoms with Gasteiger partial charge in [-0.25, -0.2) is 4.79 Å². The second kappa shape index (κ2) is 9.87. The van der Waals surface area contributed by atoms with Gasteiger partial charge in [0.1, 0.15) is 11.4 Å². The summed E-state index contributed by atoms with van der Waals surface area (Å²) >= 11 is 0. The Morgan fingerprint density at radius 3 is 2.33 bits per heavy atom. The average molecular weight is 446 g/mol. The van der Waals surface area contributed by atoms with Crippen LogP contribution in [0.5, 0.6) is 0 Å². The normalized spacial score (nSPS) is 25.0. The molecule has 3 atom stereocenters. The molecule has 176 valence electrons. The van der Waals surface area contributed by atoms with Crippen LogP contribution in [0, 0.1) is 5.41 Å². The van der Waals surface area contributed by atoms with Crippen molar-refractivity contribution in [2.45, 2.75) is 104 Å². The number of rotatable bonds is 7. The molecule has 1 rings (SSSR count). The van der Waals surface area contributed by atoms with Crippen LogP contribution in [-0.2, 0) is 13.9 Å². The van der Waals surface area contributed by atoms with Crippen molar-refractivity contribution < 1.29 is 23.9 Å². The van der Waals surface area contributed by atoms with Crippen molar-refractivity contribution in [3.63, 3.8) is 0 Å². The third kappa shape index (κ3) is 7.13. The molecule has 0 aromatic heterocycles. The van der Waals surface area contributed by atoms with Crippen LogP contribution in [0.1, 0.15) is 67.7 Å². The fourth-order valence-corrected chi connectivity index (χ4v) is 4.63. The molecule has 0 radical (unpaired) electrons. The lowest BCUT2D eigenvalue weighted by molar-refractivity contribution is -0.0900. The van der Waals surface area contributed by atoms with Gasteiger partial charge >= 0.3 is 6.09 Å². The van der Waals surface area contributed by atoms with E-state index in [4.69, 9.17) is 19.6 Å². The van der Waals surface area contributed by atoms with E-state index in [0.29, 0.717) is 12.8 Å². The van der Waals surface area contributed by atoms with Gasteiger partial charge in [0.15, 0.2) is 8.32 Å². The van der Waals surface area contributed by atoms with Crippen LogP contribution in [0.25, 0.3) is 0 Å². The van der Waals surface area contributed by atoms with Crippen LogP contribution >= 0.6 is 0 Å². The van der Waals surface area contributed by atoms with Gasteiger partial charge in [0.05, 0.1) is 24.2 Å². The predicted octanol–water partition coefficient (Wildman–Crippen LogP) is 4.22.